The van der Waals surface area contributed by atoms with Crippen LogP contribution in [0.1, 0.15) is 18.1 Å². The van der Waals surface area contributed by atoms with Crippen molar-refractivity contribution in [2.24, 2.45) is 0 Å². The lowest BCUT2D eigenvalue weighted by molar-refractivity contribution is -0.140. The molecule has 5 nitrogen and oxygen atoms in total. The maximum Gasteiger partial charge on any atom is 0.325 e. The van der Waals surface area contributed by atoms with Crippen molar-refractivity contribution in [3.05, 3.63) is 71.8 Å². The van der Waals surface area contributed by atoms with Crippen molar-refractivity contribution in [3.63, 3.8) is 0 Å². The van der Waals surface area contributed by atoms with E-state index in [1.54, 1.807) is 6.08 Å². The molecular formula is C19H19NO4. The van der Waals surface area contributed by atoms with E-state index in [1.807, 2.05) is 54.6 Å². The number of amides is 1. The second-order valence-electron chi connectivity index (χ2n) is 5.25. The summed E-state index contributed by atoms with van der Waals surface area (Å²) in [5.74, 6) is -0.786. The average Bonchev–Trinajstić information content (AvgIpc) is 2.60. The molecule has 0 saturated heterocycles. The summed E-state index contributed by atoms with van der Waals surface area (Å²) >= 11 is 0. The van der Waals surface area contributed by atoms with Gasteiger partial charge in [0.2, 0.25) is 5.91 Å². The molecule has 0 aromatic heterocycles. The Morgan fingerprint density at radius 3 is 2.42 bits per heavy atom. The Bertz CT molecular complexity index is 708. The van der Waals surface area contributed by atoms with E-state index < -0.39 is 17.9 Å². The molecule has 0 aliphatic carbocycles. The van der Waals surface area contributed by atoms with Gasteiger partial charge in [-0.3, -0.25) is 9.59 Å². The second-order valence-corrected chi connectivity index (χ2v) is 5.25. The average molecular weight is 325 g/mol. The summed E-state index contributed by atoms with van der Waals surface area (Å²) in [7, 11) is 0. The summed E-state index contributed by atoms with van der Waals surface area (Å²) in [6.07, 6.45) is 2.92. The predicted molar refractivity (Wildman–Crippen MR) is 91.5 cm³/mol. The molecule has 0 aliphatic rings. The summed E-state index contributed by atoms with van der Waals surface area (Å²) < 4.78 is 5.68. The van der Waals surface area contributed by atoms with E-state index in [4.69, 9.17) is 9.84 Å². The largest absolute Gasteiger partial charge is 0.489 e. The first-order valence-corrected chi connectivity index (χ1v) is 7.53. The molecule has 0 radical (unpaired) electrons. The summed E-state index contributed by atoms with van der Waals surface area (Å²) in [5, 5.41) is 11.1. The van der Waals surface area contributed by atoms with E-state index in [0.29, 0.717) is 6.61 Å². The predicted octanol–water partition coefficient (Wildman–Crippen LogP) is 2.87. The van der Waals surface area contributed by atoms with Crippen molar-refractivity contribution in [2.45, 2.75) is 19.6 Å². The van der Waals surface area contributed by atoms with Gasteiger partial charge in [0.1, 0.15) is 18.4 Å². The zero-order valence-electron chi connectivity index (χ0n) is 13.3. The Labute approximate surface area is 140 Å². The molecule has 24 heavy (non-hydrogen) atoms. The quantitative estimate of drug-likeness (QED) is 0.768. The highest BCUT2D eigenvalue weighted by Gasteiger charge is 2.11. The molecule has 2 aromatic carbocycles. The Morgan fingerprint density at radius 1 is 1.12 bits per heavy atom. The monoisotopic (exact) mass is 325 g/mol. The van der Waals surface area contributed by atoms with Crippen molar-refractivity contribution in [1.82, 2.24) is 5.32 Å². The summed E-state index contributed by atoms with van der Waals surface area (Å²) in [6, 6.07) is 16.2. The van der Waals surface area contributed by atoms with Gasteiger partial charge in [0.05, 0.1) is 0 Å². The number of rotatable bonds is 7. The van der Waals surface area contributed by atoms with Crippen LogP contribution in [0.15, 0.2) is 60.7 Å². The summed E-state index contributed by atoms with van der Waals surface area (Å²) in [6.45, 7) is 1.90. The lowest BCUT2D eigenvalue weighted by atomic mass is 10.2. The fourth-order valence-electron chi connectivity index (χ4n) is 1.91. The van der Waals surface area contributed by atoms with Gasteiger partial charge in [0.15, 0.2) is 0 Å². The molecular weight excluding hydrogens is 306 g/mol. The number of ether oxygens (including phenoxy) is 1. The topological polar surface area (TPSA) is 75.6 Å². The molecule has 124 valence electrons. The van der Waals surface area contributed by atoms with Gasteiger partial charge in [-0.1, -0.05) is 42.5 Å². The van der Waals surface area contributed by atoms with Crippen molar-refractivity contribution >= 4 is 18.0 Å². The highest BCUT2D eigenvalue weighted by molar-refractivity contribution is 5.94. The molecule has 0 fully saturated rings. The molecule has 0 spiro atoms. The van der Waals surface area contributed by atoms with Gasteiger partial charge in [-0.15, -0.1) is 0 Å². The van der Waals surface area contributed by atoms with Gasteiger partial charge in [-0.25, -0.2) is 0 Å². The molecule has 2 aromatic rings. The molecule has 0 bridgehead atoms. The molecule has 2 rings (SSSR count). The molecule has 2 N–H and O–H groups in total. The number of aliphatic carboxylic acids is 1. The van der Waals surface area contributed by atoms with Crippen LogP contribution in [0.5, 0.6) is 5.75 Å². The maximum absolute atomic E-state index is 11.6. The fraction of sp³-hybridized carbons (Fsp3) is 0.158. The van der Waals surface area contributed by atoms with E-state index in [-0.39, 0.29) is 0 Å². The van der Waals surface area contributed by atoms with E-state index >= 15 is 0 Å². The normalized spacial score (nSPS) is 11.9. The number of benzene rings is 2. The van der Waals surface area contributed by atoms with Crippen molar-refractivity contribution < 1.29 is 19.4 Å². The number of nitrogens with one attached hydrogen (secondary N) is 1. The Kier molecular flexibility index (Phi) is 6.14. The van der Waals surface area contributed by atoms with E-state index in [2.05, 4.69) is 5.32 Å². The highest BCUT2D eigenvalue weighted by Crippen LogP contribution is 2.15. The van der Waals surface area contributed by atoms with Gasteiger partial charge in [0.25, 0.3) is 0 Å². The van der Waals surface area contributed by atoms with Crippen LogP contribution in [0.25, 0.3) is 6.08 Å². The van der Waals surface area contributed by atoms with Gasteiger partial charge in [-0.05, 0) is 36.3 Å². The Morgan fingerprint density at radius 2 is 1.79 bits per heavy atom. The van der Waals surface area contributed by atoms with Crippen LogP contribution in [-0.4, -0.2) is 23.0 Å². The first-order chi connectivity index (χ1) is 11.5. The minimum atomic E-state index is -1.07. The number of carbonyl (C=O) groups is 2. The third kappa shape index (κ3) is 5.61. The lowest BCUT2D eigenvalue weighted by Crippen LogP contribution is -2.37. The number of carboxylic acids is 1. The smallest absolute Gasteiger partial charge is 0.325 e. The Balaban J connectivity index is 1.86. The van der Waals surface area contributed by atoms with Crippen LogP contribution in [0, 0.1) is 0 Å². The number of hydrogen-bond acceptors (Lipinski definition) is 3. The van der Waals surface area contributed by atoms with Gasteiger partial charge >= 0.3 is 5.97 Å². The van der Waals surface area contributed by atoms with Crippen LogP contribution in [0.2, 0.25) is 0 Å². The minimum Gasteiger partial charge on any atom is -0.489 e. The second kappa shape index (κ2) is 8.53. The molecule has 5 heteroatoms. The van der Waals surface area contributed by atoms with Gasteiger partial charge in [-0.2, -0.15) is 0 Å². The SMILES string of the molecule is C[C@@H](NC(=O)/C=C/c1ccc(OCc2ccccc2)cc1)C(=O)O. The standard InChI is InChI=1S/C19H19NO4/c1-14(19(22)23)20-18(21)12-9-15-7-10-17(11-8-15)24-13-16-5-3-2-4-6-16/h2-12,14H,13H2,1H3,(H,20,21)(H,22,23)/b12-9+/t14-/m1/s1. The van der Waals surface area contributed by atoms with Crippen LogP contribution in [-0.2, 0) is 16.2 Å². The van der Waals surface area contributed by atoms with Crippen molar-refractivity contribution in [3.8, 4) is 5.75 Å². The Hall–Kier alpha value is -3.08. The van der Waals surface area contributed by atoms with Gasteiger partial charge in [0, 0.05) is 6.08 Å². The zero-order valence-corrected chi connectivity index (χ0v) is 13.3. The number of carboxylic acid groups (broad SMARTS) is 1. The fourth-order valence-corrected chi connectivity index (χ4v) is 1.91. The van der Waals surface area contributed by atoms with Crippen molar-refractivity contribution in [1.29, 1.82) is 0 Å². The van der Waals surface area contributed by atoms with E-state index in [0.717, 1.165) is 16.9 Å². The first kappa shape index (κ1) is 17.3. The van der Waals surface area contributed by atoms with Crippen LogP contribution >= 0.6 is 0 Å². The van der Waals surface area contributed by atoms with E-state index in [1.165, 1.54) is 13.0 Å². The summed E-state index contributed by atoms with van der Waals surface area (Å²) in [5.41, 5.74) is 1.91. The first-order valence-electron chi connectivity index (χ1n) is 7.53. The molecule has 1 atom stereocenters. The number of hydrogen-bond donors (Lipinski definition) is 2. The van der Waals surface area contributed by atoms with Crippen LogP contribution in [0.4, 0.5) is 0 Å². The minimum absolute atomic E-state index is 0.450. The van der Waals surface area contributed by atoms with Crippen molar-refractivity contribution in [2.75, 3.05) is 0 Å². The molecule has 0 heterocycles. The zero-order chi connectivity index (χ0) is 17.4. The molecule has 1 amide bonds. The van der Waals surface area contributed by atoms with E-state index in [9.17, 15) is 9.59 Å². The maximum atomic E-state index is 11.6. The third-order valence-electron chi connectivity index (χ3n) is 3.28. The number of carbonyl (C=O) groups excluding carboxylic acids is 1. The molecule has 0 unspecified atom stereocenters. The van der Waals surface area contributed by atoms with Crippen LogP contribution in [0.3, 0.4) is 0 Å². The van der Waals surface area contributed by atoms with Crippen LogP contribution < -0.4 is 10.1 Å². The molecule has 0 aliphatic heterocycles. The third-order valence-corrected chi connectivity index (χ3v) is 3.28. The molecule has 0 saturated carbocycles. The van der Waals surface area contributed by atoms with Gasteiger partial charge < -0.3 is 15.2 Å². The highest BCUT2D eigenvalue weighted by atomic mass is 16.5. The summed E-state index contributed by atoms with van der Waals surface area (Å²) in [4.78, 5) is 22.2. The lowest BCUT2D eigenvalue weighted by Gasteiger charge is -2.07.